The number of nitrogens with zero attached hydrogens (tertiary/aromatic N) is 1. The van der Waals surface area contributed by atoms with Gasteiger partial charge in [0.1, 0.15) is 0 Å². The van der Waals surface area contributed by atoms with E-state index in [-0.39, 0.29) is 6.03 Å². The molecule has 2 aliphatic rings. The topological polar surface area (TPSA) is 46.3 Å². The molecule has 2 atom stereocenters. The lowest BCUT2D eigenvalue weighted by atomic mass is 9.83. The van der Waals surface area contributed by atoms with Gasteiger partial charge in [0.2, 0.25) is 0 Å². The molecular weight excluding hydrogens is 164 g/mol. The number of hydrogen-bond acceptors (Lipinski definition) is 1. The average Bonchev–Trinajstić information content (AvgIpc) is 2.17. The largest absolute Gasteiger partial charge is 0.351 e. The molecule has 13 heavy (non-hydrogen) atoms. The zero-order valence-electron chi connectivity index (χ0n) is 7.52. The van der Waals surface area contributed by atoms with Crippen LogP contribution in [0, 0.1) is 11.8 Å². The van der Waals surface area contributed by atoms with E-state index in [2.05, 4.69) is 18.2 Å². The molecule has 2 unspecified atom stereocenters. The fraction of sp³-hybridized carbons (Fsp3) is 0.500. The van der Waals surface area contributed by atoms with E-state index < -0.39 is 0 Å². The number of nitrogens with two attached hydrogens (primary N) is 1. The maximum Gasteiger partial charge on any atom is 0.314 e. The number of amides is 2. The lowest BCUT2D eigenvalue weighted by Gasteiger charge is -2.36. The zero-order chi connectivity index (χ0) is 9.26. The Balaban J connectivity index is 2.04. The minimum absolute atomic E-state index is 0.290. The van der Waals surface area contributed by atoms with E-state index in [0.717, 1.165) is 19.5 Å². The van der Waals surface area contributed by atoms with E-state index in [0.29, 0.717) is 11.8 Å². The van der Waals surface area contributed by atoms with Gasteiger partial charge in [-0.1, -0.05) is 24.3 Å². The summed E-state index contributed by atoms with van der Waals surface area (Å²) in [5, 5.41) is 0. The van der Waals surface area contributed by atoms with Gasteiger partial charge >= 0.3 is 6.03 Å². The summed E-state index contributed by atoms with van der Waals surface area (Å²) in [4.78, 5) is 12.7. The fourth-order valence-corrected chi connectivity index (χ4v) is 2.06. The van der Waals surface area contributed by atoms with E-state index in [1.54, 1.807) is 4.90 Å². The van der Waals surface area contributed by atoms with Crippen LogP contribution in [-0.2, 0) is 0 Å². The number of carbonyl (C=O) groups is 1. The minimum Gasteiger partial charge on any atom is -0.351 e. The number of primary amides is 1. The van der Waals surface area contributed by atoms with Gasteiger partial charge in [0.05, 0.1) is 0 Å². The van der Waals surface area contributed by atoms with Gasteiger partial charge in [-0.2, -0.15) is 0 Å². The standard InChI is InChI=1S/C10H14N2O/c11-10(13)12-6-5-8-3-1-2-4-9(8)7-12/h1-4,8-9H,5-7H2,(H2,11,13). The Labute approximate surface area is 77.9 Å². The van der Waals surface area contributed by atoms with E-state index in [1.165, 1.54) is 0 Å². The fourth-order valence-electron chi connectivity index (χ4n) is 2.06. The van der Waals surface area contributed by atoms with E-state index in [9.17, 15) is 4.79 Å². The summed E-state index contributed by atoms with van der Waals surface area (Å²) in [6.45, 7) is 1.58. The number of hydrogen-bond donors (Lipinski definition) is 1. The summed E-state index contributed by atoms with van der Waals surface area (Å²) in [5.41, 5.74) is 5.23. The number of rotatable bonds is 0. The number of carbonyl (C=O) groups excluding carboxylic acids is 1. The summed E-state index contributed by atoms with van der Waals surface area (Å²) in [6.07, 6.45) is 9.56. The van der Waals surface area contributed by atoms with Crippen LogP contribution >= 0.6 is 0 Å². The molecule has 1 fully saturated rings. The first-order valence-electron chi connectivity index (χ1n) is 4.67. The number of piperidine rings is 1. The lowest BCUT2D eigenvalue weighted by molar-refractivity contribution is 0.168. The molecule has 0 bridgehead atoms. The Morgan fingerprint density at radius 2 is 2.00 bits per heavy atom. The van der Waals surface area contributed by atoms with Crippen LogP contribution < -0.4 is 5.73 Å². The highest BCUT2D eigenvalue weighted by Gasteiger charge is 2.28. The van der Waals surface area contributed by atoms with Gasteiger partial charge in [-0.05, 0) is 12.3 Å². The molecular formula is C10H14N2O. The van der Waals surface area contributed by atoms with Crippen molar-refractivity contribution < 1.29 is 4.79 Å². The summed E-state index contributed by atoms with van der Waals surface area (Å²) in [5.74, 6) is 1.09. The third-order valence-corrected chi connectivity index (χ3v) is 2.85. The van der Waals surface area contributed by atoms with Gasteiger partial charge in [-0.3, -0.25) is 0 Å². The molecule has 1 aliphatic carbocycles. The molecule has 3 heteroatoms. The third kappa shape index (κ3) is 1.59. The predicted octanol–water partition coefficient (Wildman–Crippen LogP) is 1.13. The van der Waals surface area contributed by atoms with Crippen molar-refractivity contribution in [2.45, 2.75) is 6.42 Å². The van der Waals surface area contributed by atoms with E-state index in [1.807, 2.05) is 6.08 Å². The van der Waals surface area contributed by atoms with Crippen molar-refractivity contribution in [3.05, 3.63) is 24.3 Å². The zero-order valence-corrected chi connectivity index (χ0v) is 7.52. The summed E-state index contributed by atoms with van der Waals surface area (Å²) in [6, 6.07) is -0.290. The Hall–Kier alpha value is -1.25. The van der Waals surface area contributed by atoms with Gasteiger partial charge in [0.25, 0.3) is 0 Å². The highest BCUT2D eigenvalue weighted by molar-refractivity contribution is 5.72. The van der Waals surface area contributed by atoms with Crippen LogP contribution in [0.1, 0.15) is 6.42 Å². The third-order valence-electron chi connectivity index (χ3n) is 2.85. The van der Waals surface area contributed by atoms with Crippen LogP contribution in [-0.4, -0.2) is 24.0 Å². The van der Waals surface area contributed by atoms with Crippen LogP contribution in [0.4, 0.5) is 4.79 Å². The van der Waals surface area contributed by atoms with Crippen molar-refractivity contribution in [3.8, 4) is 0 Å². The molecule has 1 aliphatic heterocycles. The molecule has 2 amide bonds. The molecule has 70 valence electrons. The van der Waals surface area contributed by atoms with Crippen molar-refractivity contribution >= 4 is 6.03 Å². The second kappa shape index (κ2) is 3.24. The van der Waals surface area contributed by atoms with Gasteiger partial charge in [0.15, 0.2) is 0 Å². The highest BCUT2D eigenvalue weighted by atomic mass is 16.2. The monoisotopic (exact) mass is 178 g/mol. The summed E-state index contributed by atoms with van der Waals surface area (Å²) in [7, 11) is 0. The van der Waals surface area contributed by atoms with Gasteiger partial charge in [-0.15, -0.1) is 0 Å². The first-order valence-corrected chi connectivity index (χ1v) is 4.67. The molecule has 1 saturated heterocycles. The average molecular weight is 178 g/mol. The second-order valence-electron chi connectivity index (χ2n) is 3.67. The van der Waals surface area contributed by atoms with Crippen molar-refractivity contribution in [2.75, 3.05) is 13.1 Å². The number of fused-ring (bicyclic) bond motifs is 1. The minimum atomic E-state index is -0.290. The molecule has 3 nitrogen and oxygen atoms in total. The smallest absolute Gasteiger partial charge is 0.314 e. The SMILES string of the molecule is NC(=O)N1CCC2C=CC=CC2C1. The quantitative estimate of drug-likeness (QED) is 0.593. The van der Waals surface area contributed by atoms with Gasteiger partial charge < -0.3 is 10.6 Å². The number of allylic oxidation sites excluding steroid dienone is 3. The molecule has 0 aromatic carbocycles. The van der Waals surface area contributed by atoms with E-state index >= 15 is 0 Å². The maximum atomic E-state index is 10.9. The van der Waals surface area contributed by atoms with Gasteiger partial charge in [-0.25, -0.2) is 4.79 Å². The first-order chi connectivity index (χ1) is 6.27. The molecule has 0 aromatic rings. The molecule has 0 spiro atoms. The van der Waals surface area contributed by atoms with Crippen molar-refractivity contribution in [1.29, 1.82) is 0 Å². The number of likely N-dealkylation sites (tertiary alicyclic amines) is 1. The Bertz CT molecular complexity index is 270. The summed E-state index contributed by atoms with van der Waals surface area (Å²) < 4.78 is 0. The Morgan fingerprint density at radius 1 is 1.31 bits per heavy atom. The normalized spacial score (nSPS) is 31.5. The first kappa shape index (κ1) is 8.35. The second-order valence-corrected chi connectivity index (χ2v) is 3.67. The van der Waals surface area contributed by atoms with Gasteiger partial charge in [0, 0.05) is 19.0 Å². The molecule has 2 N–H and O–H groups in total. The van der Waals surface area contributed by atoms with Crippen molar-refractivity contribution in [1.82, 2.24) is 4.90 Å². The Morgan fingerprint density at radius 3 is 2.69 bits per heavy atom. The van der Waals surface area contributed by atoms with Crippen LogP contribution in [0.3, 0.4) is 0 Å². The highest BCUT2D eigenvalue weighted by Crippen LogP contribution is 2.28. The summed E-state index contributed by atoms with van der Waals surface area (Å²) >= 11 is 0. The van der Waals surface area contributed by atoms with Crippen LogP contribution in [0.15, 0.2) is 24.3 Å². The molecule has 1 heterocycles. The van der Waals surface area contributed by atoms with Crippen LogP contribution in [0.5, 0.6) is 0 Å². The van der Waals surface area contributed by atoms with Crippen LogP contribution in [0.25, 0.3) is 0 Å². The van der Waals surface area contributed by atoms with Crippen molar-refractivity contribution in [3.63, 3.8) is 0 Å². The van der Waals surface area contributed by atoms with Crippen molar-refractivity contribution in [2.24, 2.45) is 17.6 Å². The van der Waals surface area contributed by atoms with Crippen LogP contribution in [0.2, 0.25) is 0 Å². The number of urea groups is 1. The molecule has 0 aromatic heterocycles. The molecule has 2 rings (SSSR count). The Kier molecular flexibility index (Phi) is 2.08. The predicted molar refractivity (Wildman–Crippen MR) is 51.0 cm³/mol. The molecule has 0 saturated carbocycles. The maximum absolute atomic E-state index is 10.9. The lowest BCUT2D eigenvalue weighted by Crippen LogP contribution is -2.45. The van der Waals surface area contributed by atoms with E-state index in [4.69, 9.17) is 5.73 Å². The molecule has 0 radical (unpaired) electrons.